The Hall–Kier alpha value is -2.87. The number of carbonyl (C=O) groups excluding carboxylic acids is 1. The van der Waals surface area contributed by atoms with E-state index in [1.807, 2.05) is 34.9 Å². The van der Waals surface area contributed by atoms with Crippen molar-refractivity contribution < 1.29 is 13.9 Å². The SMILES string of the molecule is COc1ccc(CN(C)C(=O)CSc2nncn2-c2ccccc2)cc1F. The Morgan fingerprint density at radius 3 is 2.74 bits per heavy atom. The molecule has 3 rings (SSSR count). The van der Waals surface area contributed by atoms with Crippen LogP contribution in [0.5, 0.6) is 5.75 Å². The number of rotatable bonds is 7. The molecule has 6 nitrogen and oxygen atoms in total. The summed E-state index contributed by atoms with van der Waals surface area (Å²) >= 11 is 1.31. The quantitative estimate of drug-likeness (QED) is 0.584. The van der Waals surface area contributed by atoms with Crippen molar-refractivity contribution in [3.05, 3.63) is 66.2 Å². The van der Waals surface area contributed by atoms with E-state index >= 15 is 0 Å². The number of hydrogen-bond acceptors (Lipinski definition) is 5. The lowest BCUT2D eigenvalue weighted by atomic mass is 10.2. The van der Waals surface area contributed by atoms with Crippen LogP contribution in [0.15, 0.2) is 60.0 Å². The topological polar surface area (TPSA) is 60.2 Å². The number of aromatic nitrogens is 3. The second-order valence-electron chi connectivity index (χ2n) is 5.83. The molecule has 0 saturated carbocycles. The minimum Gasteiger partial charge on any atom is -0.494 e. The van der Waals surface area contributed by atoms with E-state index in [0.717, 1.165) is 5.69 Å². The van der Waals surface area contributed by atoms with E-state index in [9.17, 15) is 9.18 Å². The Morgan fingerprint density at radius 1 is 1.26 bits per heavy atom. The van der Waals surface area contributed by atoms with Gasteiger partial charge in [-0.25, -0.2) is 4.39 Å². The summed E-state index contributed by atoms with van der Waals surface area (Å²) in [7, 11) is 3.10. The maximum Gasteiger partial charge on any atom is 0.233 e. The van der Waals surface area contributed by atoms with Gasteiger partial charge in [-0.2, -0.15) is 0 Å². The Labute approximate surface area is 161 Å². The molecule has 0 saturated heterocycles. The summed E-state index contributed by atoms with van der Waals surface area (Å²) in [4.78, 5) is 14.0. The van der Waals surface area contributed by atoms with Gasteiger partial charge in [-0.15, -0.1) is 10.2 Å². The molecule has 0 aliphatic rings. The average molecular weight is 386 g/mol. The number of hydrogen-bond donors (Lipinski definition) is 0. The van der Waals surface area contributed by atoms with Crippen LogP contribution in [0.1, 0.15) is 5.56 Å². The van der Waals surface area contributed by atoms with Crippen LogP contribution in [0, 0.1) is 5.82 Å². The van der Waals surface area contributed by atoms with Crippen LogP contribution in [0.4, 0.5) is 4.39 Å². The Morgan fingerprint density at radius 2 is 2.04 bits per heavy atom. The molecule has 0 unspecified atom stereocenters. The molecule has 27 heavy (non-hydrogen) atoms. The summed E-state index contributed by atoms with van der Waals surface area (Å²) < 4.78 is 20.5. The van der Waals surface area contributed by atoms with E-state index in [-0.39, 0.29) is 17.4 Å². The summed E-state index contributed by atoms with van der Waals surface area (Å²) in [6.45, 7) is 0.311. The smallest absolute Gasteiger partial charge is 0.233 e. The minimum atomic E-state index is -0.443. The van der Waals surface area contributed by atoms with Crippen LogP contribution in [0.3, 0.4) is 0 Å². The molecule has 0 aliphatic heterocycles. The van der Waals surface area contributed by atoms with Crippen molar-refractivity contribution in [2.45, 2.75) is 11.7 Å². The highest BCUT2D eigenvalue weighted by Crippen LogP contribution is 2.21. The number of halogens is 1. The lowest BCUT2D eigenvalue weighted by Gasteiger charge is -2.17. The highest BCUT2D eigenvalue weighted by atomic mass is 32.2. The van der Waals surface area contributed by atoms with E-state index in [1.54, 1.807) is 30.4 Å². The third-order valence-electron chi connectivity index (χ3n) is 3.94. The zero-order valence-electron chi connectivity index (χ0n) is 15.0. The Kier molecular flexibility index (Phi) is 6.08. The van der Waals surface area contributed by atoms with Crippen molar-refractivity contribution in [3.63, 3.8) is 0 Å². The number of nitrogens with zero attached hydrogens (tertiary/aromatic N) is 4. The standard InChI is InChI=1S/C19H19FN4O2S/c1-23(11-14-8-9-17(26-2)16(20)10-14)18(25)12-27-19-22-21-13-24(19)15-6-4-3-5-7-15/h3-10,13H,11-12H2,1-2H3. The monoisotopic (exact) mass is 386 g/mol. The predicted molar refractivity (Wildman–Crippen MR) is 102 cm³/mol. The molecular weight excluding hydrogens is 367 g/mol. The summed E-state index contributed by atoms with van der Waals surface area (Å²) in [6, 6.07) is 14.3. The third-order valence-corrected chi connectivity index (χ3v) is 4.87. The molecule has 3 aromatic rings. The number of benzene rings is 2. The second-order valence-corrected chi connectivity index (χ2v) is 6.77. The van der Waals surface area contributed by atoms with Crippen LogP contribution in [-0.2, 0) is 11.3 Å². The van der Waals surface area contributed by atoms with Crippen LogP contribution >= 0.6 is 11.8 Å². The molecule has 0 fully saturated rings. The van der Waals surface area contributed by atoms with E-state index < -0.39 is 5.82 Å². The highest BCUT2D eigenvalue weighted by molar-refractivity contribution is 7.99. The van der Waals surface area contributed by atoms with Gasteiger partial charge in [0.05, 0.1) is 12.9 Å². The molecule has 2 aromatic carbocycles. The van der Waals surface area contributed by atoms with Crippen molar-refractivity contribution in [2.24, 2.45) is 0 Å². The average Bonchev–Trinajstić information content (AvgIpc) is 3.15. The zero-order chi connectivity index (χ0) is 19.2. The van der Waals surface area contributed by atoms with Gasteiger partial charge in [0, 0.05) is 19.3 Å². The molecule has 0 N–H and O–H groups in total. The Bertz CT molecular complexity index is 917. The van der Waals surface area contributed by atoms with Gasteiger partial charge in [-0.3, -0.25) is 9.36 Å². The van der Waals surface area contributed by atoms with Crippen LogP contribution < -0.4 is 4.74 Å². The second kappa shape index (κ2) is 8.68. The number of methoxy groups -OCH3 is 1. The molecule has 0 atom stereocenters. The number of ether oxygens (including phenoxy) is 1. The van der Waals surface area contributed by atoms with Gasteiger partial charge in [-0.05, 0) is 29.8 Å². The zero-order valence-corrected chi connectivity index (χ0v) is 15.8. The molecule has 1 aromatic heterocycles. The summed E-state index contributed by atoms with van der Waals surface area (Å²) in [6.07, 6.45) is 1.62. The summed E-state index contributed by atoms with van der Waals surface area (Å²) in [5, 5.41) is 8.65. The molecule has 0 radical (unpaired) electrons. The van der Waals surface area contributed by atoms with Crippen LogP contribution in [0.2, 0.25) is 0 Å². The summed E-state index contributed by atoms with van der Waals surface area (Å²) in [5.41, 5.74) is 1.63. The van der Waals surface area contributed by atoms with Crippen molar-refractivity contribution in [2.75, 3.05) is 19.9 Å². The number of carbonyl (C=O) groups is 1. The van der Waals surface area contributed by atoms with Gasteiger partial charge < -0.3 is 9.64 Å². The fraction of sp³-hybridized carbons (Fsp3) is 0.211. The number of amides is 1. The largest absolute Gasteiger partial charge is 0.494 e. The highest BCUT2D eigenvalue weighted by Gasteiger charge is 2.14. The van der Waals surface area contributed by atoms with E-state index in [1.165, 1.54) is 24.9 Å². The van der Waals surface area contributed by atoms with Crippen molar-refractivity contribution >= 4 is 17.7 Å². The van der Waals surface area contributed by atoms with Crippen molar-refractivity contribution in [1.29, 1.82) is 0 Å². The first-order valence-corrected chi connectivity index (χ1v) is 9.21. The maximum atomic E-state index is 13.8. The van der Waals surface area contributed by atoms with Crippen molar-refractivity contribution in [1.82, 2.24) is 19.7 Å². The first kappa shape index (κ1) is 18.9. The first-order chi connectivity index (χ1) is 13.1. The predicted octanol–water partition coefficient (Wildman–Crippen LogP) is 3.17. The molecule has 140 valence electrons. The first-order valence-electron chi connectivity index (χ1n) is 8.23. The molecule has 0 aliphatic carbocycles. The molecular formula is C19H19FN4O2S. The maximum absolute atomic E-state index is 13.8. The molecule has 1 amide bonds. The van der Waals surface area contributed by atoms with Crippen molar-refractivity contribution in [3.8, 4) is 11.4 Å². The molecule has 1 heterocycles. The molecule has 0 spiro atoms. The Balaban J connectivity index is 1.60. The lowest BCUT2D eigenvalue weighted by Crippen LogP contribution is -2.28. The van der Waals surface area contributed by atoms with Gasteiger partial charge in [0.2, 0.25) is 5.91 Å². The van der Waals surface area contributed by atoms with Gasteiger partial charge in [-0.1, -0.05) is 36.0 Å². The minimum absolute atomic E-state index is 0.0844. The van der Waals surface area contributed by atoms with E-state index in [0.29, 0.717) is 17.3 Å². The van der Waals surface area contributed by atoms with Gasteiger partial charge in [0.25, 0.3) is 0 Å². The normalized spacial score (nSPS) is 10.6. The van der Waals surface area contributed by atoms with Gasteiger partial charge in [0.15, 0.2) is 16.7 Å². The molecule has 0 bridgehead atoms. The third kappa shape index (κ3) is 4.65. The van der Waals surface area contributed by atoms with Crippen LogP contribution in [-0.4, -0.2) is 45.5 Å². The van der Waals surface area contributed by atoms with Gasteiger partial charge in [0.1, 0.15) is 6.33 Å². The number of para-hydroxylation sites is 1. The van der Waals surface area contributed by atoms with Gasteiger partial charge >= 0.3 is 0 Å². The lowest BCUT2D eigenvalue weighted by molar-refractivity contribution is -0.127. The fourth-order valence-corrected chi connectivity index (χ4v) is 3.36. The van der Waals surface area contributed by atoms with E-state index in [4.69, 9.17) is 4.74 Å². The van der Waals surface area contributed by atoms with Crippen LogP contribution in [0.25, 0.3) is 5.69 Å². The van der Waals surface area contributed by atoms with E-state index in [2.05, 4.69) is 10.2 Å². The fourth-order valence-electron chi connectivity index (χ4n) is 2.50. The summed E-state index contributed by atoms with van der Waals surface area (Å²) in [5.74, 6) is -0.135. The number of thioether (sulfide) groups is 1. The molecule has 8 heteroatoms.